The molecule has 0 radical (unpaired) electrons. The fraction of sp³-hybridized carbons (Fsp3) is 0. The van der Waals surface area contributed by atoms with Gasteiger partial charge in [0.05, 0.1) is 16.8 Å². The third kappa shape index (κ3) is 5.51. The van der Waals surface area contributed by atoms with Gasteiger partial charge in [-0.15, -0.1) is 0 Å². The maximum atomic E-state index is 6.97. The quantitative estimate of drug-likeness (QED) is 0.164. The first-order chi connectivity index (χ1) is 28.3. The minimum absolute atomic E-state index is 0.834. The summed E-state index contributed by atoms with van der Waals surface area (Å²) in [6.45, 7) is 0. The Bertz CT molecular complexity index is 3230. The Hall–Kier alpha value is -7.62. The van der Waals surface area contributed by atoms with Crippen molar-refractivity contribution in [3.63, 3.8) is 0 Å². The summed E-state index contributed by atoms with van der Waals surface area (Å²) in [6, 6.07) is 74.9. The second-order valence-corrected chi connectivity index (χ2v) is 14.4. The summed E-state index contributed by atoms with van der Waals surface area (Å²) in [6.07, 6.45) is 0. The molecule has 0 amide bonds. The zero-order valence-corrected chi connectivity index (χ0v) is 31.0. The summed E-state index contributed by atoms with van der Waals surface area (Å²) in [5.41, 5.74) is 15.5. The van der Waals surface area contributed by atoms with E-state index >= 15 is 0 Å². The number of para-hydroxylation sites is 4. The molecule has 0 saturated carbocycles. The van der Waals surface area contributed by atoms with E-state index in [9.17, 15) is 0 Å². The lowest BCUT2D eigenvalue weighted by Gasteiger charge is -2.29. The van der Waals surface area contributed by atoms with Crippen LogP contribution in [-0.4, -0.2) is 0 Å². The van der Waals surface area contributed by atoms with Gasteiger partial charge in [-0.05, 0) is 70.3 Å². The molecule has 0 aliphatic heterocycles. The lowest BCUT2D eigenvalue weighted by atomic mass is 9.91. The molecule has 0 atom stereocenters. The predicted molar refractivity (Wildman–Crippen MR) is 237 cm³/mol. The summed E-state index contributed by atoms with van der Waals surface area (Å²) in [7, 11) is 0. The lowest BCUT2D eigenvalue weighted by molar-refractivity contribution is 0.669. The Morgan fingerprint density at radius 3 is 1.53 bits per heavy atom. The summed E-state index contributed by atoms with van der Waals surface area (Å²) in [5.74, 6) is 0. The van der Waals surface area contributed by atoms with E-state index in [4.69, 9.17) is 8.83 Å². The molecule has 0 spiro atoms. The zero-order valence-electron chi connectivity index (χ0n) is 31.0. The highest BCUT2D eigenvalue weighted by atomic mass is 16.3. The zero-order chi connectivity index (χ0) is 37.7. The Labute approximate surface area is 330 Å². The van der Waals surface area contributed by atoms with Crippen LogP contribution in [0, 0.1) is 0 Å². The van der Waals surface area contributed by atoms with E-state index in [1.54, 1.807) is 0 Å². The first kappa shape index (κ1) is 32.8. The molecule has 0 N–H and O–H groups in total. The van der Waals surface area contributed by atoms with E-state index in [2.05, 4.69) is 199 Å². The van der Waals surface area contributed by atoms with Gasteiger partial charge in [-0.25, -0.2) is 0 Å². The van der Waals surface area contributed by atoms with E-state index in [1.807, 2.05) is 18.2 Å². The van der Waals surface area contributed by atoms with Crippen molar-refractivity contribution in [2.75, 3.05) is 4.90 Å². The molecule has 3 nitrogen and oxygen atoms in total. The Morgan fingerprint density at radius 2 is 0.789 bits per heavy atom. The standard InChI is InChI=1S/C54H35NO2/c1-3-16-36(17-4-1)37-30-32-39(33-31-37)55(48-27-12-9-20-40(48)38-18-5-2-6-19-38)49-35-34-46(54-52(49)47-24-11-14-29-51(47)57-54)42-22-8-7-21-41(42)44-25-15-26-45-43-23-10-13-28-50(43)56-53(44)45/h1-35H. The van der Waals surface area contributed by atoms with Crippen molar-refractivity contribution in [2.24, 2.45) is 0 Å². The number of hydrogen-bond acceptors (Lipinski definition) is 3. The lowest BCUT2D eigenvalue weighted by Crippen LogP contribution is -2.11. The Kier molecular flexibility index (Phi) is 7.82. The second-order valence-electron chi connectivity index (χ2n) is 14.4. The fourth-order valence-electron chi connectivity index (χ4n) is 8.49. The molecule has 0 aliphatic carbocycles. The minimum Gasteiger partial charge on any atom is -0.455 e. The Morgan fingerprint density at radius 1 is 0.281 bits per heavy atom. The third-order valence-corrected chi connectivity index (χ3v) is 11.1. The van der Waals surface area contributed by atoms with Crippen LogP contribution in [0.2, 0.25) is 0 Å². The van der Waals surface area contributed by atoms with Crippen LogP contribution in [0.1, 0.15) is 0 Å². The maximum absolute atomic E-state index is 6.97. The van der Waals surface area contributed by atoms with Gasteiger partial charge in [-0.3, -0.25) is 0 Å². The van der Waals surface area contributed by atoms with Gasteiger partial charge in [0.2, 0.25) is 0 Å². The summed E-state index contributed by atoms with van der Waals surface area (Å²) >= 11 is 0. The van der Waals surface area contributed by atoms with Crippen molar-refractivity contribution >= 4 is 60.9 Å². The van der Waals surface area contributed by atoms with Gasteiger partial charge < -0.3 is 13.7 Å². The highest BCUT2D eigenvalue weighted by Gasteiger charge is 2.25. The van der Waals surface area contributed by atoms with Crippen molar-refractivity contribution in [2.45, 2.75) is 0 Å². The molecule has 0 fully saturated rings. The fourth-order valence-corrected chi connectivity index (χ4v) is 8.49. The highest BCUT2D eigenvalue weighted by Crippen LogP contribution is 2.50. The average Bonchev–Trinajstić information content (AvgIpc) is 3.87. The van der Waals surface area contributed by atoms with Gasteiger partial charge in [0.15, 0.2) is 0 Å². The number of benzene rings is 9. The van der Waals surface area contributed by atoms with Crippen LogP contribution < -0.4 is 4.90 Å². The number of fused-ring (bicyclic) bond motifs is 6. The molecular weight excluding hydrogens is 695 g/mol. The number of nitrogens with zero attached hydrogens (tertiary/aromatic N) is 1. The maximum Gasteiger partial charge on any atom is 0.145 e. The van der Waals surface area contributed by atoms with Crippen LogP contribution in [0.15, 0.2) is 221 Å². The molecular formula is C54H35NO2. The van der Waals surface area contributed by atoms with Gasteiger partial charge in [0, 0.05) is 38.5 Å². The van der Waals surface area contributed by atoms with Crippen LogP contribution in [-0.2, 0) is 0 Å². The molecule has 2 aromatic heterocycles. The van der Waals surface area contributed by atoms with Crippen LogP contribution in [0.25, 0.3) is 88.4 Å². The minimum atomic E-state index is 0.834. The van der Waals surface area contributed by atoms with Gasteiger partial charge in [-0.1, -0.05) is 170 Å². The topological polar surface area (TPSA) is 29.5 Å². The largest absolute Gasteiger partial charge is 0.455 e. The molecule has 0 aliphatic rings. The molecule has 57 heavy (non-hydrogen) atoms. The van der Waals surface area contributed by atoms with Crippen molar-refractivity contribution in [3.8, 4) is 44.5 Å². The molecule has 0 unspecified atom stereocenters. The van der Waals surface area contributed by atoms with Gasteiger partial charge in [-0.2, -0.15) is 0 Å². The molecule has 11 rings (SSSR count). The van der Waals surface area contributed by atoms with E-state index in [1.165, 1.54) is 11.1 Å². The average molecular weight is 730 g/mol. The number of hydrogen-bond donors (Lipinski definition) is 0. The van der Waals surface area contributed by atoms with Crippen molar-refractivity contribution in [1.82, 2.24) is 0 Å². The molecule has 2 heterocycles. The first-order valence-electron chi connectivity index (χ1n) is 19.3. The molecule has 268 valence electrons. The van der Waals surface area contributed by atoms with E-state index < -0.39 is 0 Å². The monoisotopic (exact) mass is 729 g/mol. The second kappa shape index (κ2) is 13.6. The van der Waals surface area contributed by atoms with E-state index in [0.717, 1.165) is 94.3 Å². The van der Waals surface area contributed by atoms with Crippen molar-refractivity contribution in [1.29, 1.82) is 0 Å². The van der Waals surface area contributed by atoms with Crippen LogP contribution in [0.4, 0.5) is 17.1 Å². The van der Waals surface area contributed by atoms with Crippen LogP contribution in [0.3, 0.4) is 0 Å². The van der Waals surface area contributed by atoms with Crippen LogP contribution in [0.5, 0.6) is 0 Å². The SMILES string of the molecule is c1ccc(-c2ccc(N(c3ccccc3-c3ccccc3)c3ccc(-c4ccccc4-c4cccc5c4oc4ccccc45)c4oc5ccccc5c34)cc2)cc1. The Balaban J connectivity index is 1.17. The number of anilines is 3. The molecule has 0 bridgehead atoms. The molecule has 9 aromatic carbocycles. The van der Waals surface area contributed by atoms with Crippen molar-refractivity contribution < 1.29 is 8.83 Å². The summed E-state index contributed by atoms with van der Waals surface area (Å²) < 4.78 is 13.5. The number of furan rings is 2. The van der Waals surface area contributed by atoms with Crippen LogP contribution >= 0.6 is 0 Å². The summed E-state index contributed by atoms with van der Waals surface area (Å²) in [4.78, 5) is 2.40. The van der Waals surface area contributed by atoms with Gasteiger partial charge in [0.1, 0.15) is 22.3 Å². The number of rotatable bonds is 7. The molecule has 3 heteroatoms. The first-order valence-corrected chi connectivity index (χ1v) is 19.3. The molecule has 11 aromatic rings. The van der Waals surface area contributed by atoms with Gasteiger partial charge in [0.25, 0.3) is 0 Å². The summed E-state index contributed by atoms with van der Waals surface area (Å²) in [5, 5.41) is 4.33. The van der Waals surface area contributed by atoms with Crippen molar-refractivity contribution in [3.05, 3.63) is 212 Å². The molecule has 0 saturated heterocycles. The smallest absolute Gasteiger partial charge is 0.145 e. The predicted octanol–water partition coefficient (Wildman–Crippen LogP) is 15.6. The van der Waals surface area contributed by atoms with E-state index in [0.29, 0.717) is 0 Å². The van der Waals surface area contributed by atoms with E-state index in [-0.39, 0.29) is 0 Å². The third-order valence-electron chi connectivity index (χ3n) is 11.1. The highest BCUT2D eigenvalue weighted by molar-refractivity contribution is 6.19. The van der Waals surface area contributed by atoms with Gasteiger partial charge >= 0.3 is 0 Å². The normalized spacial score (nSPS) is 11.5.